The standard InChI is InChI=1S/C17H18O3/c18-17(19)11-8-15-6-9-16(10-7-15)20-13-12-14-4-2-1-3-5-14/h1-7,9-10H,8,11-13H2,(H,18,19). The van der Waals surface area contributed by atoms with Crippen LogP contribution in [0.1, 0.15) is 17.5 Å². The molecule has 0 amide bonds. The van der Waals surface area contributed by atoms with Crippen LogP contribution in [0.3, 0.4) is 0 Å². The maximum absolute atomic E-state index is 10.5. The van der Waals surface area contributed by atoms with E-state index < -0.39 is 5.97 Å². The molecule has 1 N–H and O–H groups in total. The molecule has 0 radical (unpaired) electrons. The van der Waals surface area contributed by atoms with E-state index in [1.54, 1.807) is 0 Å². The second-order valence-corrected chi connectivity index (χ2v) is 4.62. The largest absolute Gasteiger partial charge is 0.493 e. The summed E-state index contributed by atoms with van der Waals surface area (Å²) in [5.74, 6) is 0.0493. The smallest absolute Gasteiger partial charge is 0.303 e. The molecule has 0 fully saturated rings. The van der Waals surface area contributed by atoms with Crippen LogP contribution >= 0.6 is 0 Å². The normalized spacial score (nSPS) is 10.2. The van der Waals surface area contributed by atoms with Crippen molar-refractivity contribution in [1.29, 1.82) is 0 Å². The Morgan fingerprint density at radius 2 is 1.55 bits per heavy atom. The predicted octanol–water partition coefficient (Wildman–Crippen LogP) is 3.33. The quantitative estimate of drug-likeness (QED) is 0.839. The average Bonchev–Trinajstić information content (AvgIpc) is 2.47. The van der Waals surface area contributed by atoms with Gasteiger partial charge in [-0.2, -0.15) is 0 Å². The summed E-state index contributed by atoms with van der Waals surface area (Å²) in [7, 11) is 0. The topological polar surface area (TPSA) is 46.5 Å². The van der Waals surface area contributed by atoms with Gasteiger partial charge in [0.05, 0.1) is 6.61 Å². The minimum Gasteiger partial charge on any atom is -0.493 e. The number of ether oxygens (including phenoxy) is 1. The van der Waals surface area contributed by atoms with Gasteiger partial charge < -0.3 is 9.84 Å². The monoisotopic (exact) mass is 270 g/mol. The summed E-state index contributed by atoms with van der Waals surface area (Å²) in [4.78, 5) is 10.5. The molecule has 2 aromatic carbocycles. The molecule has 0 heterocycles. The molecule has 0 aliphatic carbocycles. The van der Waals surface area contributed by atoms with Crippen molar-refractivity contribution in [2.75, 3.05) is 6.61 Å². The highest BCUT2D eigenvalue weighted by Gasteiger charge is 2.00. The fourth-order valence-electron chi connectivity index (χ4n) is 1.94. The third kappa shape index (κ3) is 4.76. The van der Waals surface area contributed by atoms with Crippen molar-refractivity contribution in [1.82, 2.24) is 0 Å². The van der Waals surface area contributed by atoms with Gasteiger partial charge in [-0.3, -0.25) is 4.79 Å². The van der Waals surface area contributed by atoms with E-state index in [-0.39, 0.29) is 6.42 Å². The number of benzene rings is 2. The highest BCUT2D eigenvalue weighted by Crippen LogP contribution is 2.14. The van der Waals surface area contributed by atoms with E-state index in [9.17, 15) is 4.79 Å². The van der Waals surface area contributed by atoms with Gasteiger partial charge in [-0.05, 0) is 29.7 Å². The zero-order chi connectivity index (χ0) is 14.2. The molecule has 20 heavy (non-hydrogen) atoms. The Morgan fingerprint density at radius 1 is 0.900 bits per heavy atom. The van der Waals surface area contributed by atoms with Gasteiger partial charge in [-0.15, -0.1) is 0 Å². The van der Waals surface area contributed by atoms with Gasteiger partial charge in [0, 0.05) is 12.8 Å². The number of carbonyl (C=O) groups is 1. The van der Waals surface area contributed by atoms with Gasteiger partial charge in [0.15, 0.2) is 0 Å². The van der Waals surface area contributed by atoms with Crippen molar-refractivity contribution in [3.63, 3.8) is 0 Å². The molecule has 0 aromatic heterocycles. The number of carboxylic acids is 1. The molecule has 0 aliphatic heterocycles. The van der Waals surface area contributed by atoms with Gasteiger partial charge in [-0.1, -0.05) is 42.5 Å². The van der Waals surface area contributed by atoms with Crippen LogP contribution in [0.4, 0.5) is 0 Å². The first-order valence-electron chi connectivity index (χ1n) is 6.71. The van der Waals surface area contributed by atoms with Crippen molar-refractivity contribution in [3.05, 3.63) is 65.7 Å². The van der Waals surface area contributed by atoms with E-state index >= 15 is 0 Å². The fraction of sp³-hybridized carbons (Fsp3) is 0.235. The summed E-state index contributed by atoms with van der Waals surface area (Å²) in [5.41, 5.74) is 2.27. The highest BCUT2D eigenvalue weighted by molar-refractivity contribution is 5.67. The molecule has 0 aliphatic rings. The molecule has 0 saturated heterocycles. The molecule has 0 unspecified atom stereocenters. The van der Waals surface area contributed by atoms with Crippen LogP contribution in [0.5, 0.6) is 5.75 Å². The van der Waals surface area contributed by atoms with Crippen LogP contribution in [0.25, 0.3) is 0 Å². The summed E-state index contributed by atoms with van der Waals surface area (Å²) in [6.45, 7) is 0.637. The first kappa shape index (κ1) is 14.1. The van der Waals surface area contributed by atoms with Gasteiger partial charge in [0.25, 0.3) is 0 Å². The predicted molar refractivity (Wildman–Crippen MR) is 78.0 cm³/mol. The molecule has 3 heteroatoms. The third-order valence-electron chi connectivity index (χ3n) is 3.05. The van der Waals surface area contributed by atoms with Crippen LogP contribution < -0.4 is 4.74 Å². The van der Waals surface area contributed by atoms with Crippen LogP contribution in [-0.2, 0) is 17.6 Å². The molecule has 0 atom stereocenters. The van der Waals surface area contributed by atoms with E-state index in [0.29, 0.717) is 13.0 Å². The molecule has 104 valence electrons. The molecule has 3 nitrogen and oxygen atoms in total. The summed E-state index contributed by atoms with van der Waals surface area (Å²) < 4.78 is 5.67. The van der Waals surface area contributed by atoms with Crippen molar-refractivity contribution in [3.8, 4) is 5.75 Å². The van der Waals surface area contributed by atoms with Crippen LogP contribution in [0.2, 0.25) is 0 Å². The number of hydrogen-bond acceptors (Lipinski definition) is 2. The van der Waals surface area contributed by atoms with E-state index in [1.165, 1.54) is 5.56 Å². The lowest BCUT2D eigenvalue weighted by Gasteiger charge is -2.07. The Bertz CT molecular complexity index is 532. The molecule has 0 spiro atoms. The zero-order valence-electron chi connectivity index (χ0n) is 11.3. The van der Waals surface area contributed by atoms with E-state index in [1.807, 2.05) is 42.5 Å². The Labute approximate surface area is 118 Å². The third-order valence-corrected chi connectivity index (χ3v) is 3.05. The van der Waals surface area contributed by atoms with Crippen molar-refractivity contribution >= 4 is 5.97 Å². The second-order valence-electron chi connectivity index (χ2n) is 4.62. The van der Waals surface area contributed by atoms with Crippen molar-refractivity contribution < 1.29 is 14.6 Å². The first-order chi connectivity index (χ1) is 9.74. The number of rotatable bonds is 7. The number of aryl methyl sites for hydroxylation is 1. The summed E-state index contributed by atoms with van der Waals surface area (Å²) >= 11 is 0. The average molecular weight is 270 g/mol. The Hall–Kier alpha value is -2.29. The summed E-state index contributed by atoms with van der Waals surface area (Å²) in [5, 5.41) is 8.63. The van der Waals surface area contributed by atoms with Crippen LogP contribution in [-0.4, -0.2) is 17.7 Å². The molecular weight excluding hydrogens is 252 g/mol. The molecule has 0 saturated carbocycles. The Morgan fingerprint density at radius 3 is 2.20 bits per heavy atom. The first-order valence-corrected chi connectivity index (χ1v) is 6.71. The minimum absolute atomic E-state index is 0.161. The minimum atomic E-state index is -0.770. The van der Waals surface area contributed by atoms with Gasteiger partial charge in [0.2, 0.25) is 0 Å². The Kier molecular flexibility index (Phi) is 5.18. The lowest BCUT2D eigenvalue weighted by atomic mass is 10.1. The molecule has 2 rings (SSSR count). The maximum atomic E-state index is 10.5. The second kappa shape index (κ2) is 7.34. The molecular formula is C17H18O3. The van der Waals surface area contributed by atoms with Crippen molar-refractivity contribution in [2.45, 2.75) is 19.3 Å². The summed E-state index contributed by atoms with van der Waals surface area (Å²) in [6.07, 6.45) is 1.59. The van der Waals surface area contributed by atoms with Gasteiger partial charge in [0.1, 0.15) is 5.75 Å². The Balaban J connectivity index is 1.77. The SMILES string of the molecule is O=C(O)CCc1ccc(OCCc2ccccc2)cc1. The zero-order valence-corrected chi connectivity index (χ0v) is 11.3. The van der Waals surface area contributed by atoms with Gasteiger partial charge >= 0.3 is 5.97 Å². The van der Waals surface area contributed by atoms with Crippen LogP contribution in [0, 0.1) is 0 Å². The number of hydrogen-bond donors (Lipinski definition) is 1. The van der Waals surface area contributed by atoms with E-state index in [2.05, 4.69) is 12.1 Å². The van der Waals surface area contributed by atoms with Crippen LogP contribution in [0.15, 0.2) is 54.6 Å². The maximum Gasteiger partial charge on any atom is 0.303 e. The van der Waals surface area contributed by atoms with Crippen molar-refractivity contribution in [2.24, 2.45) is 0 Å². The van der Waals surface area contributed by atoms with E-state index in [0.717, 1.165) is 17.7 Å². The highest BCUT2D eigenvalue weighted by atomic mass is 16.5. The fourth-order valence-corrected chi connectivity index (χ4v) is 1.94. The lowest BCUT2D eigenvalue weighted by Crippen LogP contribution is -2.01. The lowest BCUT2D eigenvalue weighted by molar-refractivity contribution is -0.136. The van der Waals surface area contributed by atoms with E-state index in [4.69, 9.17) is 9.84 Å². The van der Waals surface area contributed by atoms with Gasteiger partial charge in [-0.25, -0.2) is 0 Å². The number of aliphatic carboxylic acids is 1. The molecule has 0 bridgehead atoms. The number of carboxylic acid groups (broad SMARTS) is 1. The summed E-state index contributed by atoms with van der Waals surface area (Å²) in [6, 6.07) is 17.8. The molecule has 2 aromatic rings.